The highest BCUT2D eigenvalue weighted by Gasteiger charge is 2.47. The number of ether oxygens (including phenoxy) is 1. The van der Waals surface area contributed by atoms with Gasteiger partial charge in [-0.25, -0.2) is 0 Å². The van der Waals surface area contributed by atoms with Gasteiger partial charge < -0.3 is 14.8 Å². The van der Waals surface area contributed by atoms with Crippen LogP contribution in [0.5, 0.6) is 5.75 Å². The monoisotopic (exact) mass is 375 g/mol. The normalized spacial score (nSPS) is 17.6. The van der Waals surface area contributed by atoms with Crippen molar-refractivity contribution in [3.8, 4) is 18.1 Å². The minimum absolute atomic E-state index is 0.0134. The Morgan fingerprint density at radius 1 is 1.22 bits per heavy atom. The molecule has 134 valence electrons. The maximum absolute atomic E-state index is 13.4. The minimum Gasteiger partial charge on any atom is -0.507 e. The highest BCUT2D eigenvalue weighted by Crippen LogP contribution is 2.49. The van der Waals surface area contributed by atoms with Gasteiger partial charge in [0.2, 0.25) is 0 Å². The van der Waals surface area contributed by atoms with Crippen LogP contribution in [0.2, 0.25) is 0 Å². The number of nitrogens with one attached hydrogen (secondary N) is 1. The van der Waals surface area contributed by atoms with Crippen molar-refractivity contribution in [1.29, 1.82) is 0 Å². The first-order valence-electron chi connectivity index (χ1n) is 8.93. The number of carbonyl (C=O) groups excluding carboxylic acids is 1. The summed E-state index contributed by atoms with van der Waals surface area (Å²) in [5.74, 6) is 2.83. The molecule has 1 atom stereocenters. The smallest absolute Gasteiger partial charge is 0.195 e. The maximum Gasteiger partial charge on any atom is 0.195 e. The van der Waals surface area contributed by atoms with Crippen LogP contribution in [0.4, 0.5) is 0 Å². The van der Waals surface area contributed by atoms with E-state index in [9.17, 15) is 9.90 Å². The number of H-pyrrole nitrogens is 1. The Morgan fingerprint density at radius 2 is 2.00 bits per heavy atom. The highest BCUT2D eigenvalue weighted by atomic mass is 31.0. The summed E-state index contributed by atoms with van der Waals surface area (Å²) in [5, 5.41) is 11.9. The molecule has 1 fully saturated rings. The number of phenols is 1. The molecule has 5 heteroatoms. The molecule has 5 rings (SSSR count). The summed E-state index contributed by atoms with van der Waals surface area (Å²) in [4.78, 5) is 16.9. The van der Waals surface area contributed by atoms with Crippen molar-refractivity contribution < 1.29 is 14.6 Å². The number of carbonyl (C=O) groups is 1. The standard InChI is InChI=1S/C22H18NO3P/c1-2-12-3-4-13-16(9-12)23-21-19(13)20(25)14-10-18(27)17(24)11-15(14)22(21)5-7-26-8-6-22/h1,3-4,9-11,23-24H,5-8,27H2. The Labute approximate surface area is 159 Å². The SMILES string of the molecule is C#Cc1ccc2c3c([nH]c2c1)C1(CCOCC1)c1cc(O)c(P)cc1C3=O. The van der Waals surface area contributed by atoms with Gasteiger partial charge in [0.1, 0.15) is 5.75 Å². The van der Waals surface area contributed by atoms with Gasteiger partial charge in [-0.1, -0.05) is 12.0 Å². The van der Waals surface area contributed by atoms with Crippen molar-refractivity contribution in [2.45, 2.75) is 18.3 Å². The molecule has 1 spiro atoms. The molecule has 0 radical (unpaired) electrons. The number of aromatic nitrogens is 1. The van der Waals surface area contributed by atoms with E-state index in [1.165, 1.54) is 0 Å². The van der Waals surface area contributed by atoms with E-state index in [4.69, 9.17) is 11.2 Å². The van der Waals surface area contributed by atoms with Gasteiger partial charge in [-0.2, -0.15) is 0 Å². The number of rotatable bonds is 0. The molecular weight excluding hydrogens is 357 g/mol. The van der Waals surface area contributed by atoms with E-state index in [-0.39, 0.29) is 16.9 Å². The third kappa shape index (κ3) is 2.16. The molecule has 27 heavy (non-hydrogen) atoms. The largest absolute Gasteiger partial charge is 0.507 e. The number of hydrogen-bond donors (Lipinski definition) is 2. The summed E-state index contributed by atoms with van der Waals surface area (Å²) in [6, 6.07) is 9.25. The fraction of sp³-hybridized carbons (Fsp3) is 0.227. The second-order valence-corrected chi connectivity index (χ2v) is 7.88. The van der Waals surface area contributed by atoms with Crippen LogP contribution in [0.3, 0.4) is 0 Å². The van der Waals surface area contributed by atoms with Crippen molar-refractivity contribution >= 4 is 31.2 Å². The molecule has 2 aromatic carbocycles. The number of aromatic amines is 1. The van der Waals surface area contributed by atoms with E-state index in [1.807, 2.05) is 18.2 Å². The average molecular weight is 375 g/mol. The highest BCUT2D eigenvalue weighted by molar-refractivity contribution is 7.27. The van der Waals surface area contributed by atoms with Gasteiger partial charge in [0.25, 0.3) is 0 Å². The van der Waals surface area contributed by atoms with Gasteiger partial charge in [-0.05, 0) is 42.7 Å². The van der Waals surface area contributed by atoms with Crippen LogP contribution in [-0.4, -0.2) is 29.1 Å². The summed E-state index contributed by atoms with van der Waals surface area (Å²) in [7, 11) is 2.50. The number of aromatic hydroxyl groups is 1. The zero-order valence-corrected chi connectivity index (χ0v) is 15.8. The van der Waals surface area contributed by atoms with E-state index in [1.54, 1.807) is 12.1 Å². The molecule has 2 N–H and O–H groups in total. The third-order valence-corrected chi connectivity index (χ3v) is 6.41. The lowest BCUT2D eigenvalue weighted by molar-refractivity contribution is 0.0601. The number of phenolic OH excluding ortho intramolecular Hbond substituents is 1. The van der Waals surface area contributed by atoms with Crippen LogP contribution >= 0.6 is 9.24 Å². The molecular formula is C22H18NO3P. The number of fused-ring (bicyclic) bond motifs is 6. The van der Waals surface area contributed by atoms with Gasteiger partial charge in [0.05, 0.1) is 5.56 Å². The second-order valence-electron chi connectivity index (χ2n) is 7.26. The second kappa shape index (κ2) is 5.70. The fourth-order valence-electron chi connectivity index (χ4n) is 4.58. The molecule has 0 bridgehead atoms. The minimum atomic E-state index is -0.373. The summed E-state index contributed by atoms with van der Waals surface area (Å²) in [6.45, 7) is 1.23. The van der Waals surface area contributed by atoms with Gasteiger partial charge in [-0.15, -0.1) is 15.7 Å². The molecule has 2 aliphatic rings. The average Bonchev–Trinajstić information content (AvgIpc) is 3.08. The predicted octanol–water partition coefficient (Wildman–Crippen LogP) is 3.00. The van der Waals surface area contributed by atoms with Crippen LogP contribution in [0.15, 0.2) is 30.3 Å². The number of terminal acetylenes is 1. The maximum atomic E-state index is 13.4. The molecule has 0 amide bonds. The Bertz CT molecular complexity index is 1160. The Hall–Kier alpha value is -2.60. The lowest BCUT2D eigenvalue weighted by atomic mass is 9.64. The molecule has 1 aliphatic heterocycles. The third-order valence-electron chi connectivity index (χ3n) is 5.94. The van der Waals surface area contributed by atoms with Gasteiger partial charge in [-0.3, -0.25) is 4.79 Å². The van der Waals surface area contributed by atoms with Crippen molar-refractivity contribution in [1.82, 2.24) is 4.98 Å². The van der Waals surface area contributed by atoms with Crippen molar-refractivity contribution in [3.05, 3.63) is 58.3 Å². The topological polar surface area (TPSA) is 62.3 Å². The van der Waals surface area contributed by atoms with Crippen LogP contribution in [0.1, 0.15) is 45.6 Å². The van der Waals surface area contributed by atoms with Crippen molar-refractivity contribution in [2.24, 2.45) is 0 Å². The van der Waals surface area contributed by atoms with Crippen LogP contribution < -0.4 is 5.30 Å². The van der Waals surface area contributed by atoms with E-state index in [0.717, 1.165) is 46.1 Å². The molecule has 4 nitrogen and oxygen atoms in total. The first kappa shape index (κ1) is 16.6. The molecule has 2 heterocycles. The summed E-state index contributed by atoms with van der Waals surface area (Å²) in [6.07, 6.45) is 7.06. The zero-order chi connectivity index (χ0) is 18.8. The van der Waals surface area contributed by atoms with Crippen LogP contribution in [-0.2, 0) is 10.2 Å². The predicted molar refractivity (Wildman–Crippen MR) is 108 cm³/mol. The lowest BCUT2D eigenvalue weighted by Gasteiger charge is -2.41. The zero-order valence-electron chi connectivity index (χ0n) is 14.6. The quantitative estimate of drug-likeness (QED) is 0.469. The van der Waals surface area contributed by atoms with Crippen LogP contribution in [0.25, 0.3) is 10.9 Å². The van der Waals surface area contributed by atoms with E-state index in [2.05, 4.69) is 20.1 Å². The van der Waals surface area contributed by atoms with Gasteiger partial charge in [0, 0.05) is 51.7 Å². The molecule has 1 aliphatic carbocycles. The van der Waals surface area contributed by atoms with Crippen molar-refractivity contribution in [3.63, 3.8) is 0 Å². The first-order chi connectivity index (χ1) is 13.0. The lowest BCUT2D eigenvalue weighted by Crippen LogP contribution is -2.41. The number of hydrogen-bond acceptors (Lipinski definition) is 3. The molecule has 3 aromatic rings. The molecule has 1 saturated heterocycles. The molecule has 1 unspecified atom stereocenters. The molecule has 1 aromatic heterocycles. The Kier molecular flexibility index (Phi) is 3.49. The van der Waals surface area contributed by atoms with E-state index in [0.29, 0.717) is 24.1 Å². The summed E-state index contributed by atoms with van der Waals surface area (Å²) in [5.41, 5.74) is 4.46. The van der Waals surface area contributed by atoms with Gasteiger partial charge >= 0.3 is 0 Å². The number of benzene rings is 2. The Balaban J connectivity index is 1.88. The summed E-state index contributed by atoms with van der Waals surface area (Å²) >= 11 is 0. The van der Waals surface area contributed by atoms with Gasteiger partial charge in [0.15, 0.2) is 5.78 Å². The van der Waals surface area contributed by atoms with Crippen LogP contribution in [0, 0.1) is 12.3 Å². The number of ketones is 1. The van der Waals surface area contributed by atoms with Crippen molar-refractivity contribution in [2.75, 3.05) is 13.2 Å². The first-order valence-corrected chi connectivity index (χ1v) is 9.51. The summed E-state index contributed by atoms with van der Waals surface area (Å²) < 4.78 is 5.63. The fourth-order valence-corrected chi connectivity index (χ4v) is 4.83. The van der Waals surface area contributed by atoms with E-state index >= 15 is 0 Å². The van der Waals surface area contributed by atoms with E-state index < -0.39 is 0 Å². The molecule has 0 saturated carbocycles. The Morgan fingerprint density at radius 3 is 2.74 bits per heavy atom.